The average Bonchev–Trinajstić information content (AvgIpc) is 3.00. The molecule has 1 aromatic carbocycles. The maximum atomic E-state index is 11.7. The fraction of sp³-hybridized carbons (Fsp3) is 0.118. The monoisotopic (exact) mass is 292 g/mol. The van der Waals surface area contributed by atoms with Crippen molar-refractivity contribution in [3.05, 3.63) is 60.9 Å². The normalized spacial score (nSPS) is 10.4. The number of benzene rings is 1. The van der Waals surface area contributed by atoms with Gasteiger partial charge in [0, 0.05) is 30.4 Å². The van der Waals surface area contributed by atoms with Crippen molar-refractivity contribution in [1.82, 2.24) is 14.8 Å². The van der Waals surface area contributed by atoms with E-state index in [1.54, 1.807) is 17.1 Å². The van der Waals surface area contributed by atoms with E-state index >= 15 is 0 Å². The summed E-state index contributed by atoms with van der Waals surface area (Å²) in [4.78, 5) is 15.9. The molecule has 0 aliphatic rings. The lowest BCUT2D eigenvalue weighted by Crippen LogP contribution is -2.13. The van der Waals surface area contributed by atoms with E-state index in [1.807, 2.05) is 55.5 Å². The standard InChI is InChI=1S/C17H16N4O/c1-2-17(22)19-16-11-15(13-7-6-10-18-12-13)20-21(16)14-8-4-3-5-9-14/h3-12H,2H2,1H3,(H,19,22). The van der Waals surface area contributed by atoms with Crippen LogP contribution in [0.4, 0.5) is 5.82 Å². The van der Waals surface area contributed by atoms with Crippen molar-refractivity contribution in [1.29, 1.82) is 0 Å². The second-order valence-electron chi connectivity index (χ2n) is 4.81. The summed E-state index contributed by atoms with van der Waals surface area (Å²) in [5.74, 6) is 0.603. The number of rotatable bonds is 4. The SMILES string of the molecule is CCC(=O)Nc1cc(-c2cccnc2)nn1-c1ccccc1. The highest BCUT2D eigenvalue weighted by Crippen LogP contribution is 2.24. The minimum Gasteiger partial charge on any atom is -0.311 e. The van der Waals surface area contributed by atoms with E-state index in [2.05, 4.69) is 15.4 Å². The summed E-state index contributed by atoms with van der Waals surface area (Å²) in [6.45, 7) is 1.82. The van der Waals surface area contributed by atoms with Gasteiger partial charge in [0.15, 0.2) is 0 Å². The second kappa shape index (κ2) is 6.22. The molecule has 0 spiro atoms. The summed E-state index contributed by atoms with van der Waals surface area (Å²) in [5.41, 5.74) is 2.57. The Morgan fingerprint density at radius 1 is 1.18 bits per heavy atom. The quantitative estimate of drug-likeness (QED) is 0.802. The van der Waals surface area contributed by atoms with Gasteiger partial charge in [0.2, 0.25) is 5.91 Å². The minimum atomic E-state index is -0.0465. The van der Waals surface area contributed by atoms with Crippen LogP contribution in [0.1, 0.15) is 13.3 Å². The molecule has 2 heterocycles. The molecule has 3 aromatic rings. The van der Waals surface area contributed by atoms with Crippen LogP contribution < -0.4 is 5.32 Å². The number of hydrogen-bond donors (Lipinski definition) is 1. The first-order valence-corrected chi connectivity index (χ1v) is 7.13. The largest absolute Gasteiger partial charge is 0.311 e. The Bertz CT molecular complexity index is 766. The molecule has 0 radical (unpaired) electrons. The number of pyridine rings is 1. The number of amides is 1. The molecule has 0 atom stereocenters. The number of carbonyl (C=O) groups excluding carboxylic acids is 1. The summed E-state index contributed by atoms with van der Waals surface area (Å²) < 4.78 is 1.73. The maximum Gasteiger partial charge on any atom is 0.225 e. The molecule has 0 fully saturated rings. The van der Waals surface area contributed by atoms with E-state index in [-0.39, 0.29) is 5.91 Å². The summed E-state index contributed by atoms with van der Waals surface area (Å²) in [6, 6.07) is 15.4. The Kier molecular flexibility index (Phi) is 3.96. The van der Waals surface area contributed by atoms with Gasteiger partial charge in [-0.1, -0.05) is 25.1 Å². The first-order valence-electron chi connectivity index (χ1n) is 7.13. The first kappa shape index (κ1) is 14.0. The third-order valence-electron chi connectivity index (χ3n) is 3.26. The second-order valence-corrected chi connectivity index (χ2v) is 4.81. The molecule has 5 nitrogen and oxygen atoms in total. The van der Waals surface area contributed by atoms with Gasteiger partial charge in [-0.25, -0.2) is 4.68 Å². The zero-order chi connectivity index (χ0) is 15.4. The molecule has 2 aromatic heterocycles. The number of aromatic nitrogens is 3. The molecule has 0 unspecified atom stereocenters. The van der Waals surface area contributed by atoms with Gasteiger partial charge in [-0.05, 0) is 24.3 Å². The number of para-hydroxylation sites is 1. The molecule has 22 heavy (non-hydrogen) atoms. The average molecular weight is 292 g/mol. The molecule has 110 valence electrons. The topological polar surface area (TPSA) is 59.8 Å². The Morgan fingerprint density at radius 3 is 2.68 bits per heavy atom. The van der Waals surface area contributed by atoms with Gasteiger partial charge in [0.05, 0.1) is 11.4 Å². The minimum absolute atomic E-state index is 0.0465. The molecule has 0 saturated carbocycles. The molecule has 0 aliphatic carbocycles. The molecule has 0 aliphatic heterocycles. The van der Waals surface area contributed by atoms with Crippen LogP contribution in [-0.4, -0.2) is 20.7 Å². The third-order valence-corrected chi connectivity index (χ3v) is 3.26. The lowest BCUT2D eigenvalue weighted by molar-refractivity contribution is -0.115. The molecule has 3 rings (SSSR count). The Balaban J connectivity index is 2.07. The predicted molar refractivity (Wildman–Crippen MR) is 85.7 cm³/mol. The maximum absolute atomic E-state index is 11.7. The van der Waals surface area contributed by atoms with Crippen LogP contribution in [0.5, 0.6) is 0 Å². The molecule has 5 heteroatoms. The van der Waals surface area contributed by atoms with Crippen molar-refractivity contribution < 1.29 is 4.79 Å². The van der Waals surface area contributed by atoms with Gasteiger partial charge in [-0.2, -0.15) is 5.10 Å². The van der Waals surface area contributed by atoms with Gasteiger partial charge in [-0.15, -0.1) is 0 Å². The first-order chi connectivity index (χ1) is 10.8. The molecule has 1 N–H and O–H groups in total. The van der Waals surface area contributed by atoms with Crippen LogP contribution >= 0.6 is 0 Å². The van der Waals surface area contributed by atoms with Crippen molar-refractivity contribution in [3.63, 3.8) is 0 Å². The Labute approximate surface area is 128 Å². The highest BCUT2D eigenvalue weighted by atomic mass is 16.1. The predicted octanol–water partition coefficient (Wildman–Crippen LogP) is 3.28. The highest BCUT2D eigenvalue weighted by molar-refractivity contribution is 5.90. The number of carbonyl (C=O) groups is 1. The van der Waals surface area contributed by atoms with Gasteiger partial charge in [0.1, 0.15) is 5.82 Å². The summed E-state index contributed by atoms with van der Waals surface area (Å²) >= 11 is 0. The fourth-order valence-electron chi connectivity index (χ4n) is 2.12. The van der Waals surface area contributed by atoms with E-state index in [0.29, 0.717) is 12.2 Å². The number of hydrogen-bond acceptors (Lipinski definition) is 3. The Morgan fingerprint density at radius 2 is 2.00 bits per heavy atom. The van der Waals surface area contributed by atoms with Crippen LogP contribution in [0.25, 0.3) is 16.9 Å². The molecular weight excluding hydrogens is 276 g/mol. The van der Waals surface area contributed by atoms with Crippen molar-refractivity contribution in [2.75, 3.05) is 5.32 Å². The van der Waals surface area contributed by atoms with Gasteiger partial charge in [-0.3, -0.25) is 9.78 Å². The van der Waals surface area contributed by atoms with E-state index in [9.17, 15) is 4.79 Å². The van der Waals surface area contributed by atoms with Crippen LogP contribution in [0.2, 0.25) is 0 Å². The molecule has 0 bridgehead atoms. The Hall–Kier alpha value is -2.95. The highest BCUT2D eigenvalue weighted by Gasteiger charge is 2.12. The van der Waals surface area contributed by atoms with Crippen molar-refractivity contribution in [2.24, 2.45) is 0 Å². The van der Waals surface area contributed by atoms with Gasteiger partial charge < -0.3 is 5.32 Å². The van der Waals surface area contributed by atoms with Crippen molar-refractivity contribution in [2.45, 2.75) is 13.3 Å². The fourth-order valence-corrected chi connectivity index (χ4v) is 2.12. The van der Waals surface area contributed by atoms with Gasteiger partial charge in [0.25, 0.3) is 0 Å². The molecular formula is C17H16N4O. The summed E-state index contributed by atoms with van der Waals surface area (Å²) in [5, 5.41) is 7.49. The third kappa shape index (κ3) is 2.88. The van der Waals surface area contributed by atoms with Crippen LogP contribution in [0.3, 0.4) is 0 Å². The van der Waals surface area contributed by atoms with Gasteiger partial charge >= 0.3 is 0 Å². The number of nitrogens with one attached hydrogen (secondary N) is 1. The van der Waals surface area contributed by atoms with Crippen LogP contribution in [-0.2, 0) is 4.79 Å². The smallest absolute Gasteiger partial charge is 0.225 e. The molecule has 1 amide bonds. The lowest BCUT2D eigenvalue weighted by atomic mass is 10.2. The number of nitrogens with zero attached hydrogens (tertiary/aromatic N) is 3. The zero-order valence-corrected chi connectivity index (χ0v) is 12.2. The number of anilines is 1. The zero-order valence-electron chi connectivity index (χ0n) is 12.2. The van der Waals surface area contributed by atoms with E-state index in [1.165, 1.54) is 0 Å². The van der Waals surface area contributed by atoms with E-state index < -0.39 is 0 Å². The summed E-state index contributed by atoms with van der Waals surface area (Å²) in [6.07, 6.45) is 3.89. The summed E-state index contributed by atoms with van der Waals surface area (Å²) in [7, 11) is 0. The van der Waals surface area contributed by atoms with Crippen molar-refractivity contribution >= 4 is 11.7 Å². The molecule has 0 saturated heterocycles. The van der Waals surface area contributed by atoms with E-state index in [0.717, 1.165) is 16.9 Å². The van der Waals surface area contributed by atoms with Crippen molar-refractivity contribution in [3.8, 4) is 16.9 Å². The van der Waals surface area contributed by atoms with Crippen LogP contribution in [0.15, 0.2) is 60.9 Å². The van der Waals surface area contributed by atoms with E-state index in [4.69, 9.17) is 0 Å². The lowest BCUT2D eigenvalue weighted by Gasteiger charge is -2.07. The van der Waals surface area contributed by atoms with Crippen LogP contribution in [0, 0.1) is 0 Å².